The fraction of sp³-hybridized carbons (Fsp3) is 0.100. The molecule has 0 fully saturated rings. The van der Waals surface area contributed by atoms with Crippen molar-refractivity contribution >= 4 is 30.6 Å². The first-order chi connectivity index (χ1) is 6.97. The van der Waals surface area contributed by atoms with Crippen molar-refractivity contribution in [3.63, 3.8) is 0 Å². The Balaban J connectivity index is 2.75. The first kappa shape index (κ1) is 10.4. The van der Waals surface area contributed by atoms with Crippen LogP contribution in [0.15, 0.2) is 35.2 Å². The summed E-state index contributed by atoms with van der Waals surface area (Å²) in [5.74, 6) is 0. The summed E-state index contributed by atoms with van der Waals surface area (Å²) in [5, 5.41) is 0.893. The molecule has 1 aromatic heterocycles. The van der Waals surface area contributed by atoms with Crippen molar-refractivity contribution in [2.75, 3.05) is 0 Å². The minimum Gasteiger partial charge on any atom is -0.253 e. The Hall–Kier alpha value is -1.13. The second-order valence-corrected chi connectivity index (χ2v) is 5.81. The van der Waals surface area contributed by atoms with Crippen LogP contribution < -0.4 is 0 Å². The summed E-state index contributed by atoms with van der Waals surface area (Å²) in [6.45, 7) is 1.85. The lowest BCUT2D eigenvalue weighted by atomic mass is 10.2. The van der Waals surface area contributed by atoms with Gasteiger partial charge in [-0.25, -0.2) is 8.42 Å². The molecule has 0 aliphatic heterocycles. The van der Waals surface area contributed by atoms with Crippen LogP contribution in [0.2, 0.25) is 0 Å². The van der Waals surface area contributed by atoms with E-state index in [9.17, 15) is 8.42 Å². The van der Waals surface area contributed by atoms with Crippen LogP contribution >= 0.6 is 10.7 Å². The zero-order valence-electron chi connectivity index (χ0n) is 7.94. The summed E-state index contributed by atoms with van der Waals surface area (Å²) in [4.78, 5) is 4.31. The van der Waals surface area contributed by atoms with Gasteiger partial charge in [-0.15, -0.1) is 0 Å². The zero-order valence-corrected chi connectivity index (χ0v) is 9.51. The topological polar surface area (TPSA) is 47.0 Å². The van der Waals surface area contributed by atoms with Crippen molar-refractivity contribution in [3.05, 3.63) is 36.0 Å². The quantitative estimate of drug-likeness (QED) is 0.721. The molecule has 5 heteroatoms. The molecule has 0 aliphatic carbocycles. The fourth-order valence-corrected chi connectivity index (χ4v) is 2.12. The number of benzene rings is 1. The van der Waals surface area contributed by atoms with Crippen molar-refractivity contribution in [2.45, 2.75) is 11.8 Å². The minimum atomic E-state index is -3.67. The van der Waals surface area contributed by atoms with Crippen molar-refractivity contribution in [1.82, 2.24) is 4.98 Å². The van der Waals surface area contributed by atoms with Gasteiger partial charge in [-0.1, -0.05) is 12.1 Å². The van der Waals surface area contributed by atoms with Gasteiger partial charge in [-0.05, 0) is 25.1 Å². The number of hydrogen-bond acceptors (Lipinski definition) is 3. The van der Waals surface area contributed by atoms with Crippen LogP contribution in [-0.4, -0.2) is 13.4 Å². The first-order valence-corrected chi connectivity index (χ1v) is 6.60. The molecule has 1 aromatic carbocycles. The van der Waals surface area contributed by atoms with Crippen LogP contribution in [0.5, 0.6) is 0 Å². The molecule has 0 N–H and O–H groups in total. The molecule has 3 nitrogen and oxygen atoms in total. The third kappa shape index (κ3) is 2.11. The van der Waals surface area contributed by atoms with E-state index in [1.807, 2.05) is 19.1 Å². The largest absolute Gasteiger partial charge is 0.261 e. The number of halogens is 1. The monoisotopic (exact) mass is 241 g/mol. The van der Waals surface area contributed by atoms with Gasteiger partial charge < -0.3 is 0 Å². The molecule has 0 spiro atoms. The molecule has 15 heavy (non-hydrogen) atoms. The number of fused-ring (bicyclic) bond motifs is 1. The summed E-state index contributed by atoms with van der Waals surface area (Å²) in [6, 6.07) is 8.41. The lowest BCUT2D eigenvalue weighted by molar-refractivity contribution is 0.609. The van der Waals surface area contributed by atoms with E-state index in [1.54, 1.807) is 6.07 Å². The molecule has 2 aromatic rings. The molecule has 0 atom stereocenters. The normalized spacial score (nSPS) is 11.9. The Labute approximate surface area is 92.1 Å². The fourth-order valence-electron chi connectivity index (χ4n) is 1.35. The van der Waals surface area contributed by atoms with Gasteiger partial charge in [0, 0.05) is 21.8 Å². The Bertz CT molecular complexity index is 622. The highest BCUT2D eigenvalue weighted by molar-refractivity contribution is 8.13. The van der Waals surface area contributed by atoms with Gasteiger partial charge >= 0.3 is 0 Å². The molecule has 78 valence electrons. The summed E-state index contributed by atoms with van der Waals surface area (Å²) < 4.78 is 22.2. The van der Waals surface area contributed by atoms with Gasteiger partial charge in [0.1, 0.15) is 0 Å². The van der Waals surface area contributed by atoms with E-state index >= 15 is 0 Å². The average Bonchev–Trinajstić information content (AvgIpc) is 2.15. The third-order valence-corrected chi connectivity index (χ3v) is 3.44. The van der Waals surface area contributed by atoms with E-state index in [4.69, 9.17) is 10.7 Å². The molecule has 1 heterocycles. The number of hydrogen-bond donors (Lipinski definition) is 0. The van der Waals surface area contributed by atoms with Gasteiger partial charge in [0.25, 0.3) is 9.05 Å². The molecule has 0 amide bonds. The molecule has 0 bridgehead atoms. The first-order valence-electron chi connectivity index (χ1n) is 4.29. The predicted octanol–water partition coefficient (Wildman–Crippen LogP) is 2.47. The Morgan fingerprint density at radius 3 is 2.53 bits per heavy atom. The Morgan fingerprint density at radius 2 is 1.87 bits per heavy atom. The zero-order chi connectivity index (χ0) is 11.1. The van der Waals surface area contributed by atoms with E-state index in [2.05, 4.69) is 4.98 Å². The van der Waals surface area contributed by atoms with Gasteiger partial charge in [-0.2, -0.15) is 0 Å². The van der Waals surface area contributed by atoms with Crippen molar-refractivity contribution in [2.24, 2.45) is 0 Å². The van der Waals surface area contributed by atoms with Crippen LogP contribution in [0.25, 0.3) is 10.9 Å². The maximum Gasteiger partial charge on any atom is 0.261 e. The van der Waals surface area contributed by atoms with E-state index in [-0.39, 0.29) is 4.90 Å². The Morgan fingerprint density at radius 1 is 1.20 bits per heavy atom. The molecular formula is C10H8ClNO2S. The highest BCUT2D eigenvalue weighted by Gasteiger charge is 2.10. The molecule has 2 rings (SSSR count). The summed E-state index contributed by atoms with van der Waals surface area (Å²) in [5.41, 5.74) is 1.48. The van der Waals surface area contributed by atoms with E-state index in [1.165, 1.54) is 12.1 Å². The van der Waals surface area contributed by atoms with Gasteiger partial charge in [0.15, 0.2) is 0 Å². The lowest BCUT2D eigenvalue weighted by Crippen LogP contribution is -1.91. The van der Waals surface area contributed by atoms with E-state index < -0.39 is 9.05 Å². The van der Waals surface area contributed by atoms with Gasteiger partial charge in [0.05, 0.1) is 10.4 Å². The molecule has 0 saturated heterocycles. The summed E-state index contributed by atoms with van der Waals surface area (Å²) in [7, 11) is 1.57. The summed E-state index contributed by atoms with van der Waals surface area (Å²) >= 11 is 0. The second-order valence-electron chi connectivity index (χ2n) is 3.24. The van der Waals surface area contributed by atoms with Crippen LogP contribution in [0, 0.1) is 6.92 Å². The molecule has 0 unspecified atom stereocenters. The maximum absolute atomic E-state index is 11.1. The van der Waals surface area contributed by atoms with Crippen LogP contribution in [0.3, 0.4) is 0 Å². The van der Waals surface area contributed by atoms with Crippen molar-refractivity contribution in [3.8, 4) is 0 Å². The molecule has 0 radical (unpaired) electrons. The SMILES string of the molecule is Cc1ccc2ccc(S(=O)(=O)Cl)cc2n1. The minimum absolute atomic E-state index is 0.0785. The lowest BCUT2D eigenvalue weighted by Gasteiger charge is -2.00. The standard InChI is InChI=1S/C10H8ClNO2S/c1-7-2-3-8-4-5-9(15(11,13)14)6-10(8)12-7/h2-6H,1H3. The van der Waals surface area contributed by atoms with Gasteiger partial charge in [-0.3, -0.25) is 4.98 Å². The average molecular weight is 242 g/mol. The molecule has 0 aliphatic rings. The predicted molar refractivity (Wildman–Crippen MR) is 59.5 cm³/mol. The highest BCUT2D eigenvalue weighted by Crippen LogP contribution is 2.20. The third-order valence-electron chi connectivity index (χ3n) is 2.08. The Kier molecular flexibility index (Phi) is 2.40. The molecular weight excluding hydrogens is 234 g/mol. The van der Waals surface area contributed by atoms with Crippen LogP contribution in [-0.2, 0) is 9.05 Å². The number of pyridine rings is 1. The highest BCUT2D eigenvalue weighted by atomic mass is 35.7. The van der Waals surface area contributed by atoms with Crippen molar-refractivity contribution < 1.29 is 8.42 Å². The summed E-state index contributed by atoms with van der Waals surface area (Å²) in [6.07, 6.45) is 0. The van der Waals surface area contributed by atoms with Gasteiger partial charge in [0.2, 0.25) is 0 Å². The van der Waals surface area contributed by atoms with E-state index in [0.717, 1.165) is 11.1 Å². The molecule has 0 saturated carbocycles. The van der Waals surface area contributed by atoms with E-state index in [0.29, 0.717) is 5.52 Å². The second kappa shape index (κ2) is 3.47. The number of nitrogens with zero attached hydrogens (tertiary/aromatic N) is 1. The van der Waals surface area contributed by atoms with Crippen LogP contribution in [0.1, 0.15) is 5.69 Å². The van der Waals surface area contributed by atoms with Crippen LogP contribution in [0.4, 0.5) is 0 Å². The number of rotatable bonds is 1. The number of aryl methyl sites for hydroxylation is 1. The maximum atomic E-state index is 11.1. The smallest absolute Gasteiger partial charge is 0.253 e. The van der Waals surface area contributed by atoms with Crippen molar-refractivity contribution in [1.29, 1.82) is 0 Å². The number of aromatic nitrogens is 1.